The van der Waals surface area contributed by atoms with Crippen molar-refractivity contribution >= 4 is 42.6 Å². The van der Waals surface area contributed by atoms with Gasteiger partial charge in [-0.05, 0) is 64.7 Å². The average molecular weight is 685 g/mol. The van der Waals surface area contributed by atoms with E-state index in [4.69, 9.17) is 24.4 Å². The van der Waals surface area contributed by atoms with Gasteiger partial charge >= 0.3 is 0 Å². The molecule has 5 nitrogen and oxygen atoms in total. The van der Waals surface area contributed by atoms with Crippen molar-refractivity contribution in [3.8, 4) is 67.9 Å². The molecule has 0 spiro atoms. The molecule has 52 heavy (non-hydrogen) atoms. The number of thiophene rings is 1. The standard InChI is InChI=1S/C46H28N4OS/c1-4-14-29(15-5-1)32-26-33(30-16-6-2-7-17-30)28-34(27-32)44-48-43(31-18-8-3-9-19-31)49-45(50-44)37-22-12-20-35-36-21-13-23-38(42(36)52-41(35)37)46-47-39-24-10-11-25-40(39)51-46/h1-28H. The molecule has 0 aliphatic heterocycles. The van der Waals surface area contributed by atoms with E-state index in [1.165, 1.54) is 0 Å². The van der Waals surface area contributed by atoms with Crippen molar-refractivity contribution in [3.05, 3.63) is 170 Å². The lowest BCUT2D eigenvalue weighted by Gasteiger charge is -2.12. The van der Waals surface area contributed by atoms with Crippen molar-refractivity contribution in [2.24, 2.45) is 0 Å². The van der Waals surface area contributed by atoms with Gasteiger partial charge in [0.25, 0.3) is 0 Å². The maximum absolute atomic E-state index is 6.25. The normalized spacial score (nSPS) is 11.5. The molecule has 0 aliphatic carbocycles. The zero-order valence-corrected chi connectivity index (χ0v) is 28.6. The maximum Gasteiger partial charge on any atom is 0.228 e. The van der Waals surface area contributed by atoms with Gasteiger partial charge in [-0.2, -0.15) is 0 Å². The van der Waals surface area contributed by atoms with Gasteiger partial charge < -0.3 is 4.42 Å². The predicted molar refractivity (Wildman–Crippen MR) is 213 cm³/mol. The number of para-hydroxylation sites is 2. The highest BCUT2D eigenvalue weighted by Crippen LogP contribution is 2.44. The molecule has 0 N–H and O–H groups in total. The summed E-state index contributed by atoms with van der Waals surface area (Å²) in [6, 6.07) is 58.2. The van der Waals surface area contributed by atoms with E-state index in [9.17, 15) is 0 Å². The molecule has 7 aromatic carbocycles. The first kappa shape index (κ1) is 30.1. The SMILES string of the molecule is c1ccc(-c2cc(-c3ccccc3)cc(-c3nc(-c4ccccc4)nc(-c4cccc5c4sc4c(-c6nc7ccccc7o6)cccc45)n3)c2)cc1. The highest BCUT2D eigenvalue weighted by Gasteiger charge is 2.20. The van der Waals surface area contributed by atoms with Crippen LogP contribution in [0, 0.1) is 0 Å². The molecular weight excluding hydrogens is 657 g/mol. The van der Waals surface area contributed by atoms with Crippen molar-refractivity contribution in [2.75, 3.05) is 0 Å². The summed E-state index contributed by atoms with van der Waals surface area (Å²) < 4.78 is 8.45. The zero-order chi connectivity index (χ0) is 34.4. The number of benzene rings is 7. The minimum absolute atomic E-state index is 0.612. The Morgan fingerprint density at radius 1 is 0.365 bits per heavy atom. The highest BCUT2D eigenvalue weighted by molar-refractivity contribution is 7.26. The Balaban J connectivity index is 1.19. The number of hydrogen-bond donors (Lipinski definition) is 0. The Labute approximate surface area is 303 Å². The summed E-state index contributed by atoms with van der Waals surface area (Å²) in [6.45, 7) is 0. The van der Waals surface area contributed by atoms with E-state index in [1.54, 1.807) is 11.3 Å². The fourth-order valence-electron chi connectivity index (χ4n) is 6.85. The molecule has 0 amide bonds. The van der Waals surface area contributed by atoms with Gasteiger partial charge in [0.05, 0.1) is 5.56 Å². The molecule has 0 bridgehead atoms. The molecule has 0 atom stereocenters. The summed E-state index contributed by atoms with van der Waals surface area (Å²) in [5, 5.41) is 2.28. The van der Waals surface area contributed by atoms with E-state index in [0.717, 1.165) is 75.8 Å². The molecule has 0 saturated carbocycles. The molecule has 3 aromatic heterocycles. The van der Waals surface area contributed by atoms with Crippen LogP contribution in [0.25, 0.3) is 99.1 Å². The van der Waals surface area contributed by atoms with Crippen LogP contribution in [0.1, 0.15) is 0 Å². The molecule has 0 radical (unpaired) electrons. The number of hydrogen-bond acceptors (Lipinski definition) is 6. The molecule has 0 aliphatic rings. The van der Waals surface area contributed by atoms with Gasteiger partial charge in [0.1, 0.15) is 5.52 Å². The van der Waals surface area contributed by atoms with Crippen LogP contribution in [0.3, 0.4) is 0 Å². The lowest BCUT2D eigenvalue weighted by atomic mass is 9.96. The quantitative estimate of drug-likeness (QED) is 0.174. The van der Waals surface area contributed by atoms with Crippen LogP contribution in [0.4, 0.5) is 0 Å². The third-order valence-electron chi connectivity index (χ3n) is 9.36. The van der Waals surface area contributed by atoms with Gasteiger partial charge in [-0.15, -0.1) is 11.3 Å². The van der Waals surface area contributed by atoms with Gasteiger partial charge in [0.15, 0.2) is 23.1 Å². The Morgan fingerprint density at radius 2 is 0.865 bits per heavy atom. The van der Waals surface area contributed by atoms with Crippen molar-refractivity contribution in [2.45, 2.75) is 0 Å². The van der Waals surface area contributed by atoms with Gasteiger partial charge in [-0.25, -0.2) is 19.9 Å². The molecular formula is C46H28N4OS. The second-order valence-corrected chi connectivity index (χ2v) is 13.7. The number of rotatable bonds is 6. The van der Waals surface area contributed by atoms with Crippen LogP contribution in [0.15, 0.2) is 174 Å². The van der Waals surface area contributed by atoms with Crippen LogP contribution < -0.4 is 0 Å². The summed E-state index contributed by atoms with van der Waals surface area (Å²) >= 11 is 1.72. The van der Waals surface area contributed by atoms with Crippen LogP contribution >= 0.6 is 11.3 Å². The smallest absolute Gasteiger partial charge is 0.228 e. The Bertz CT molecular complexity index is 2810. The molecule has 0 unspecified atom stereocenters. The third kappa shape index (κ3) is 5.34. The van der Waals surface area contributed by atoms with E-state index in [1.807, 2.05) is 66.7 Å². The van der Waals surface area contributed by atoms with Gasteiger partial charge in [0, 0.05) is 36.9 Å². The van der Waals surface area contributed by atoms with Gasteiger partial charge in [0.2, 0.25) is 5.89 Å². The molecule has 244 valence electrons. The largest absolute Gasteiger partial charge is 0.436 e. The van der Waals surface area contributed by atoms with Crippen LogP contribution in [-0.2, 0) is 0 Å². The van der Waals surface area contributed by atoms with E-state index >= 15 is 0 Å². The second-order valence-electron chi connectivity index (χ2n) is 12.7. The number of oxazole rings is 1. The van der Waals surface area contributed by atoms with Crippen LogP contribution in [-0.4, -0.2) is 19.9 Å². The minimum Gasteiger partial charge on any atom is -0.436 e. The van der Waals surface area contributed by atoms with Crippen molar-refractivity contribution in [3.63, 3.8) is 0 Å². The second kappa shape index (κ2) is 12.5. The molecule has 10 aromatic rings. The lowest BCUT2D eigenvalue weighted by molar-refractivity contribution is 0.621. The van der Waals surface area contributed by atoms with Crippen molar-refractivity contribution < 1.29 is 4.42 Å². The van der Waals surface area contributed by atoms with Crippen molar-refractivity contribution in [1.82, 2.24) is 19.9 Å². The van der Waals surface area contributed by atoms with E-state index in [0.29, 0.717) is 23.4 Å². The monoisotopic (exact) mass is 684 g/mol. The Hall–Kier alpha value is -6.76. The average Bonchev–Trinajstić information content (AvgIpc) is 3.84. The number of nitrogens with zero attached hydrogens (tertiary/aromatic N) is 4. The Morgan fingerprint density at radius 3 is 1.50 bits per heavy atom. The zero-order valence-electron chi connectivity index (χ0n) is 27.8. The predicted octanol–water partition coefficient (Wildman–Crippen LogP) is 12.4. The number of aromatic nitrogens is 4. The summed E-state index contributed by atoms with van der Waals surface area (Å²) in [5.74, 6) is 2.47. The molecule has 0 fully saturated rings. The van der Waals surface area contributed by atoms with Crippen molar-refractivity contribution in [1.29, 1.82) is 0 Å². The highest BCUT2D eigenvalue weighted by atomic mass is 32.1. The molecule has 3 heterocycles. The fraction of sp³-hybridized carbons (Fsp3) is 0. The first-order chi connectivity index (χ1) is 25.7. The maximum atomic E-state index is 6.25. The van der Waals surface area contributed by atoms with Gasteiger partial charge in [-0.3, -0.25) is 0 Å². The summed E-state index contributed by atoms with van der Waals surface area (Å²) in [5.41, 5.74) is 9.83. The third-order valence-corrected chi connectivity index (χ3v) is 10.7. The summed E-state index contributed by atoms with van der Waals surface area (Å²) in [4.78, 5) is 20.4. The number of fused-ring (bicyclic) bond motifs is 4. The van der Waals surface area contributed by atoms with E-state index < -0.39 is 0 Å². The molecule has 6 heteroatoms. The first-order valence-corrected chi connectivity index (χ1v) is 18.0. The summed E-state index contributed by atoms with van der Waals surface area (Å²) in [7, 11) is 0. The fourth-order valence-corrected chi connectivity index (χ4v) is 8.16. The summed E-state index contributed by atoms with van der Waals surface area (Å²) in [6.07, 6.45) is 0. The van der Waals surface area contributed by atoms with Crippen LogP contribution in [0.5, 0.6) is 0 Å². The van der Waals surface area contributed by atoms with E-state index in [2.05, 4.69) is 103 Å². The first-order valence-electron chi connectivity index (χ1n) is 17.1. The lowest BCUT2D eigenvalue weighted by Crippen LogP contribution is -2.00. The Kier molecular flexibility index (Phi) is 7.25. The molecule has 0 saturated heterocycles. The topological polar surface area (TPSA) is 64.7 Å². The molecule has 10 rings (SSSR count). The minimum atomic E-state index is 0.612. The van der Waals surface area contributed by atoms with Gasteiger partial charge in [-0.1, -0.05) is 127 Å². The van der Waals surface area contributed by atoms with Crippen LogP contribution in [0.2, 0.25) is 0 Å². The van der Waals surface area contributed by atoms with E-state index in [-0.39, 0.29) is 0 Å².